The second-order valence-corrected chi connectivity index (χ2v) is 5.12. The Bertz CT molecular complexity index is 416. The summed E-state index contributed by atoms with van der Waals surface area (Å²) in [5.41, 5.74) is 1.04. The molecule has 0 radical (unpaired) electrons. The molecule has 0 aromatic heterocycles. The zero-order valence-corrected chi connectivity index (χ0v) is 11.4. The average Bonchev–Trinajstić information content (AvgIpc) is 2.90. The quantitative estimate of drug-likeness (QED) is 0.909. The minimum absolute atomic E-state index is 0.0882. The summed E-state index contributed by atoms with van der Waals surface area (Å²) in [6.45, 7) is 4.22. The third-order valence-electron chi connectivity index (χ3n) is 3.39. The van der Waals surface area contributed by atoms with Crippen molar-refractivity contribution in [2.24, 2.45) is 0 Å². The molecule has 0 saturated carbocycles. The van der Waals surface area contributed by atoms with E-state index in [1.165, 1.54) is 0 Å². The summed E-state index contributed by atoms with van der Waals surface area (Å²) in [6.07, 6.45) is 2.26. The molecule has 1 fully saturated rings. The number of nitrogens with zero attached hydrogens (tertiary/aromatic N) is 1. The number of carbonyl (C=O) groups is 1. The molecule has 1 aliphatic heterocycles. The maximum atomic E-state index is 11.9. The Labute approximate surface area is 113 Å². The Balaban J connectivity index is 1.86. The number of likely N-dealkylation sites (tertiary alicyclic amines) is 1. The Hall–Kier alpha value is -1.06. The minimum atomic E-state index is 0.0882. The van der Waals surface area contributed by atoms with Crippen LogP contribution in [0.15, 0.2) is 24.3 Å². The maximum absolute atomic E-state index is 11.9. The number of carbonyl (C=O) groups excluding carboxylic acids is 1. The lowest BCUT2D eigenvalue weighted by Gasteiger charge is -2.19. The van der Waals surface area contributed by atoms with Gasteiger partial charge in [-0.05, 0) is 31.4 Å². The van der Waals surface area contributed by atoms with Gasteiger partial charge in [0.1, 0.15) is 0 Å². The van der Waals surface area contributed by atoms with E-state index in [9.17, 15) is 4.79 Å². The van der Waals surface area contributed by atoms with Crippen molar-refractivity contribution in [2.75, 3.05) is 19.6 Å². The van der Waals surface area contributed by atoms with Crippen LogP contribution < -0.4 is 5.32 Å². The molecule has 2 rings (SSSR count). The van der Waals surface area contributed by atoms with E-state index in [4.69, 9.17) is 11.6 Å². The van der Waals surface area contributed by atoms with Gasteiger partial charge >= 0.3 is 0 Å². The predicted molar refractivity (Wildman–Crippen MR) is 73.7 cm³/mol. The van der Waals surface area contributed by atoms with Gasteiger partial charge in [-0.25, -0.2) is 0 Å². The van der Waals surface area contributed by atoms with E-state index < -0.39 is 0 Å². The highest BCUT2D eigenvalue weighted by atomic mass is 35.5. The summed E-state index contributed by atoms with van der Waals surface area (Å²) in [7, 11) is 0. The van der Waals surface area contributed by atoms with Gasteiger partial charge in [0.25, 0.3) is 0 Å². The lowest BCUT2D eigenvalue weighted by atomic mass is 10.1. The van der Waals surface area contributed by atoms with E-state index in [0.717, 1.165) is 36.5 Å². The van der Waals surface area contributed by atoms with Gasteiger partial charge in [0.2, 0.25) is 5.91 Å². The Kier molecular flexibility index (Phi) is 4.61. The molecule has 1 aromatic carbocycles. The first-order chi connectivity index (χ1) is 8.68. The van der Waals surface area contributed by atoms with Gasteiger partial charge < -0.3 is 10.2 Å². The molecule has 4 heteroatoms. The van der Waals surface area contributed by atoms with E-state index in [1.54, 1.807) is 0 Å². The number of halogens is 1. The van der Waals surface area contributed by atoms with Crippen molar-refractivity contribution in [3.05, 3.63) is 34.9 Å². The second kappa shape index (κ2) is 6.21. The van der Waals surface area contributed by atoms with Crippen LogP contribution in [0.2, 0.25) is 5.02 Å². The lowest BCUT2D eigenvalue weighted by molar-refractivity contribution is -0.129. The van der Waals surface area contributed by atoms with Crippen LogP contribution in [0.25, 0.3) is 0 Å². The molecule has 1 heterocycles. The molecule has 18 heavy (non-hydrogen) atoms. The van der Waals surface area contributed by atoms with Crippen LogP contribution in [0.5, 0.6) is 0 Å². The normalized spacial score (nSPS) is 16.9. The van der Waals surface area contributed by atoms with E-state index in [0.29, 0.717) is 6.54 Å². The first kappa shape index (κ1) is 13.4. The van der Waals surface area contributed by atoms with E-state index in [2.05, 4.69) is 5.32 Å². The van der Waals surface area contributed by atoms with Crippen molar-refractivity contribution < 1.29 is 4.79 Å². The Morgan fingerprint density at radius 3 is 2.72 bits per heavy atom. The van der Waals surface area contributed by atoms with Crippen LogP contribution >= 0.6 is 11.6 Å². The summed E-state index contributed by atoms with van der Waals surface area (Å²) >= 11 is 6.13. The van der Waals surface area contributed by atoms with Gasteiger partial charge in [-0.3, -0.25) is 4.79 Å². The maximum Gasteiger partial charge on any atom is 0.236 e. The Morgan fingerprint density at radius 2 is 2.06 bits per heavy atom. The van der Waals surface area contributed by atoms with Crippen molar-refractivity contribution in [2.45, 2.75) is 25.8 Å². The third-order valence-corrected chi connectivity index (χ3v) is 3.73. The average molecular weight is 267 g/mol. The molecular weight excluding hydrogens is 248 g/mol. The number of hydrogen-bond acceptors (Lipinski definition) is 2. The van der Waals surface area contributed by atoms with E-state index >= 15 is 0 Å². The number of rotatable bonds is 4. The van der Waals surface area contributed by atoms with Crippen molar-refractivity contribution in [3.63, 3.8) is 0 Å². The molecule has 3 nitrogen and oxygen atoms in total. The molecule has 1 atom stereocenters. The van der Waals surface area contributed by atoms with Crippen LogP contribution in [-0.2, 0) is 4.79 Å². The molecule has 1 saturated heterocycles. The topological polar surface area (TPSA) is 32.3 Å². The highest BCUT2D eigenvalue weighted by molar-refractivity contribution is 6.31. The fourth-order valence-electron chi connectivity index (χ4n) is 2.25. The summed E-state index contributed by atoms with van der Waals surface area (Å²) in [5, 5.41) is 3.98. The first-order valence-electron chi connectivity index (χ1n) is 6.44. The largest absolute Gasteiger partial charge is 0.342 e. The van der Waals surface area contributed by atoms with Crippen LogP contribution in [0.3, 0.4) is 0 Å². The van der Waals surface area contributed by atoms with Gasteiger partial charge in [0.15, 0.2) is 0 Å². The SMILES string of the molecule is C[C@H](NCC(=O)N1CCCC1)c1ccccc1Cl. The summed E-state index contributed by atoms with van der Waals surface area (Å²) < 4.78 is 0. The summed E-state index contributed by atoms with van der Waals surface area (Å²) in [5.74, 6) is 0.186. The van der Waals surface area contributed by atoms with E-state index in [-0.39, 0.29) is 11.9 Å². The highest BCUT2D eigenvalue weighted by Crippen LogP contribution is 2.21. The lowest BCUT2D eigenvalue weighted by Crippen LogP contribution is -2.37. The number of hydrogen-bond donors (Lipinski definition) is 1. The molecular formula is C14H19ClN2O. The highest BCUT2D eigenvalue weighted by Gasteiger charge is 2.18. The standard InChI is InChI=1S/C14H19ClN2O/c1-11(12-6-2-3-7-13(12)15)16-10-14(18)17-8-4-5-9-17/h2-3,6-7,11,16H,4-5,8-10H2,1H3/t11-/m0/s1. The van der Waals surface area contributed by atoms with Crippen molar-refractivity contribution in [3.8, 4) is 0 Å². The van der Waals surface area contributed by atoms with Crippen LogP contribution in [-0.4, -0.2) is 30.4 Å². The number of nitrogens with one attached hydrogen (secondary N) is 1. The number of benzene rings is 1. The molecule has 0 spiro atoms. The van der Waals surface area contributed by atoms with Crippen molar-refractivity contribution in [1.29, 1.82) is 0 Å². The first-order valence-corrected chi connectivity index (χ1v) is 6.82. The molecule has 0 unspecified atom stereocenters. The number of amides is 1. The monoisotopic (exact) mass is 266 g/mol. The summed E-state index contributed by atoms with van der Waals surface area (Å²) in [6, 6.07) is 7.82. The molecule has 0 aliphatic carbocycles. The Morgan fingerprint density at radius 1 is 1.39 bits per heavy atom. The van der Waals surface area contributed by atoms with Gasteiger partial charge in [0, 0.05) is 24.2 Å². The van der Waals surface area contributed by atoms with Crippen LogP contribution in [0.4, 0.5) is 0 Å². The fraction of sp³-hybridized carbons (Fsp3) is 0.500. The van der Waals surface area contributed by atoms with Crippen molar-refractivity contribution in [1.82, 2.24) is 10.2 Å². The molecule has 1 aromatic rings. The van der Waals surface area contributed by atoms with Crippen LogP contribution in [0.1, 0.15) is 31.4 Å². The van der Waals surface area contributed by atoms with Crippen LogP contribution in [0, 0.1) is 0 Å². The zero-order valence-electron chi connectivity index (χ0n) is 10.7. The van der Waals surface area contributed by atoms with Crippen molar-refractivity contribution >= 4 is 17.5 Å². The van der Waals surface area contributed by atoms with Gasteiger partial charge in [0.05, 0.1) is 6.54 Å². The van der Waals surface area contributed by atoms with E-state index in [1.807, 2.05) is 36.1 Å². The fourth-order valence-corrected chi connectivity index (χ4v) is 2.55. The summed E-state index contributed by atoms with van der Waals surface area (Å²) in [4.78, 5) is 13.8. The van der Waals surface area contributed by atoms with Gasteiger partial charge in [-0.15, -0.1) is 0 Å². The third kappa shape index (κ3) is 3.24. The molecule has 98 valence electrons. The molecule has 1 aliphatic rings. The minimum Gasteiger partial charge on any atom is -0.342 e. The zero-order chi connectivity index (χ0) is 13.0. The van der Waals surface area contributed by atoms with Gasteiger partial charge in [-0.1, -0.05) is 29.8 Å². The predicted octanol–water partition coefficient (Wildman–Crippen LogP) is 2.61. The molecule has 0 bridgehead atoms. The van der Waals surface area contributed by atoms with Gasteiger partial charge in [-0.2, -0.15) is 0 Å². The molecule has 1 N–H and O–H groups in total. The second-order valence-electron chi connectivity index (χ2n) is 4.71. The smallest absolute Gasteiger partial charge is 0.236 e. The molecule has 1 amide bonds.